The topological polar surface area (TPSA) is 50.1 Å². The fourth-order valence-corrected chi connectivity index (χ4v) is 2.18. The number of alkyl halides is 3. The van der Waals surface area contributed by atoms with E-state index < -0.39 is 23.3 Å². The number of benzene rings is 1. The SMILES string of the molecule is CC(C)(C)OC(=O)CSc1ccc(C(F)(F)F)cc1C#N. The first-order chi connectivity index (χ1) is 9.53. The highest BCUT2D eigenvalue weighted by Crippen LogP contribution is 2.33. The van der Waals surface area contributed by atoms with Crippen molar-refractivity contribution in [1.29, 1.82) is 5.26 Å². The van der Waals surface area contributed by atoms with Gasteiger partial charge < -0.3 is 4.74 Å². The summed E-state index contributed by atoms with van der Waals surface area (Å²) in [6.45, 7) is 5.15. The summed E-state index contributed by atoms with van der Waals surface area (Å²) in [7, 11) is 0. The van der Waals surface area contributed by atoms with E-state index in [0.717, 1.165) is 23.9 Å². The zero-order valence-corrected chi connectivity index (χ0v) is 12.6. The second-order valence-corrected chi connectivity index (χ2v) is 6.21. The molecule has 21 heavy (non-hydrogen) atoms. The van der Waals surface area contributed by atoms with Crippen LogP contribution in [0.15, 0.2) is 23.1 Å². The van der Waals surface area contributed by atoms with Crippen LogP contribution in [0.1, 0.15) is 31.9 Å². The van der Waals surface area contributed by atoms with E-state index in [0.29, 0.717) is 4.90 Å². The van der Waals surface area contributed by atoms with E-state index in [1.165, 1.54) is 6.07 Å². The summed E-state index contributed by atoms with van der Waals surface area (Å²) in [4.78, 5) is 11.9. The normalized spacial score (nSPS) is 11.9. The van der Waals surface area contributed by atoms with Gasteiger partial charge in [0.1, 0.15) is 11.7 Å². The third-order valence-electron chi connectivity index (χ3n) is 2.19. The van der Waals surface area contributed by atoms with Gasteiger partial charge >= 0.3 is 12.1 Å². The summed E-state index contributed by atoms with van der Waals surface area (Å²) in [6, 6.07) is 4.56. The summed E-state index contributed by atoms with van der Waals surface area (Å²) in [6.07, 6.45) is -4.50. The lowest BCUT2D eigenvalue weighted by Gasteiger charge is -2.19. The van der Waals surface area contributed by atoms with Crippen molar-refractivity contribution in [3.63, 3.8) is 0 Å². The largest absolute Gasteiger partial charge is 0.459 e. The lowest BCUT2D eigenvalue weighted by molar-refractivity contribution is -0.151. The van der Waals surface area contributed by atoms with Crippen LogP contribution in [0.3, 0.4) is 0 Å². The van der Waals surface area contributed by atoms with Crippen molar-refractivity contribution in [3.05, 3.63) is 29.3 Å². The van der Waals surface area contributed by atoms with Crippen LogP contribution in [0.4, 0.5) is 13.2 Å². The lowest BCUT2D eigenvalue weighted by Crippen LogP contribution is -2.24. The van der Waals surface area contributed by atoms with E-state index >= 15 is 0 Å². The van der Waals surface area contributed by atoms with Crippen molar-refractivity contribution in [2.24, 2.45) is 0 Å². The quantitative estimate of drug-likeness (QED) is 0.624. The van der Waals surface area contributed by atoms with Crippen LogP contribution < -0.4 is 0 Å². The third-order valence-corrected chi connectivity index (χ3v) is 3.24. The smallest absolute Gasteiger partial charge is 0.416 e. The van der Waals surface area contributed by atoms with Crippen molar-refractivity contribution < 1.29 is 22.7 Å². The molecule has 1 rings (SSSR count). The number of nitriles is 1. The molecular formula is C14H14F3NO2S. The maximum atomic E-state index is 12.5. The number of carbonyl (C=O) groups is 1. The van der Waals surface area contributed by atoms with Crippen LogP contribution >= 0.6 is 11.8 Å². The van der Waals surface area contributed by atoms with Crippen molar-refractivity contribution in [3.8, 4) is 6.07 Å². The number of halogens is 3. The molecule has 0 radical (unpaired) electrons. The Morgan fingerprint density at radius 3 is 2.43 bits per heavy atom. The molecule has 0 atom stereocenters. The molecule has 0 saturated carbocycles. The Balaban J connectivity index is 2.82. The first-order valence-electron chi connectivity index (χ1n) is 5.99. The number of carbonyl (C=O) groups excluding carboxylic acids is 1. The Bertz CT molecular complexity index is 571. The number of thioether (sulfide) groups is 1. The molecule has 7 heteroatoms. The van der Waals surface area contributed by atoms with Crippen molar-refractivity contribution in [2.45, 2.75) is 37.4 Å². The average Bonchev–Trinajstić information content (AvgIpc) is 2.32. The van der Waals surface area contributed by atoms with Crippen LogP contribution in [0.2, 0.25) is 0 Å². The fraction of sp³-hybridized carbons (Fsp3) is 0.429. The van der Waals surface area contributed by atoms with Crippen LogP contribution in [0.5, 0.6) is 0 Å². The van der Waals surface area contributed by atoms with Crippen LogP contribution in [0.25, 0.3) is 0 Å². The molecule has 0 amide bonds. The van der Waals surface area contributed by atoms with Crippen LogP contribution in [-0.4, -0.2) is 17.3 Å². The number of nitrogens with zero attached hydrogens (tertiary/aromatic N) is 1. The molecule has 0 aliphatic heterocycles. The zero-order valence-electron chi connectivity index (χ0n) is 11.7. The summed E-state index contributed by atoms with van der Waals surface area (Å²) in [5.74, 6) is -0.562. The minimum absolute atomic E-state index is 0.0721. The summed E-state index contributed by atoms with van der Waals surface area (Å²) in [5, 5.41) is 8.91. The number of hydrogen-bond acceptors (Lipinski definition) is 4. The van der Waals surface area contributed by atoms with E-state index in [4.69, 9.17) is 10.00 Å². The van der Waals surface area contributed by atoms with Gasteiger partial charge in [0.2, 0.25) is 0 Å². The van der Waals surface area contributed by atoms with E-state index in [2.05, 4.69) is 0 Å². The maximum absolute atomic E-state index is 12.5. The molecule has 0 heterocycles. The Kier molecular flexibility index (Phi) is 5.29. The van der Waals surface area contributed by atoms with Gasteiger partial charge in [-0.1, -0.05) is 0 Å². The minimum atomic E-state index is -4.50. The van der Waals surface area contributed by atoms with Crippen molar-refractivity contribution >= 4 is 17.7 Å². The summed E-state index contributed by atoms with van der Waals surface area (Å²) < 4.78 is 42.7. The fourth-order valence-electron chi connectivity index (χ4n) is 1.43. The molecule has 0 aliphatic rings. The van der Waals surface area contributed by atoms with Crippen LogP contribution in [-0.2, 0) is 15.7 Å². The van der Waals surface area contributed by atoms with Gasteiger partial charge in [0.15, 0.2) is 0 Å². The Morgan fingerprint density at radius 2 is 1.95 bits per heavy atom. The standard InChI is InChI=1S/C14H14F3NO2S/c1-13(2,3)20-12(19)8-21-11-5-4-10(14(15,16)17)6-9(11)7-18/h4-6H,8H2,1-3H3. The van der Waals surface area contributed by atoms with E-state index in [-0.39, 0.29) is 11.3 Å². The molecule has 0 aliphatic carbocycles. The van der Waals surface area contributed by atoms with Crippen molar-refractivity contribution in [2.75, 3.05) is 5.75 Å². The first kappa shape index (κ1) is 17.4. The van der Waals surface area contributed by atoms with Crippen molar-refractivity contribution in [1.82, 2.24) is 0 Å². The molecular weight excluding hydrogens is 303 g/mol. The number of esters is 1. The summed E-state index contributed by atoms with van der Waals surface area (Å²) >= 11 is 0.975. The number of ether oxygens (including phenoxy) is 1. The molecule has 0 aromatic heterocycles. The van der Waals surface area contributed by atoms with Gasteiger partial charge in [-0.3, -0.25) is 4.79 Å². The highest BCUT2D eigenvalue weighted by Gasteiger charge is 2.31. The predicted octanol–water partition coefficient (Wildman–Crippen LogP) is 4.01. The van der Waals surface area contributed by atoms with Gasteiger partial charge in [-0.15, -0.1) is 11.8 Å². The highest BCUT2D eigenvalue weighted by atomic mass is 32.2. The maximum Gasteiger partial charge on any atom is 0.416 e. The molecule has 1 aromatic rings. The second kappa shape index (κ2) is 6.39. The molecule has 0 bridgehead atoms. The molecule has 114 valence electrons. The van der Waals surface area contributed by atoms with E-state index in [9.17, 15) is 18.0 Å². The average molecular weight is 317 g/mol. The third kappa shape index (κ3) is 5.68. The molecule has 3 nitrogen and oxygen atoms in total. The molecule has 0 N–H and O–H groups in total. The molecule has 0 unspecified atom stereocenters. The second-order valence-electron chi connectivity index (χ2n) is 5.20. The predicted molar refractivity (Wildman–Crippen MR) is 72.7 cm³/mol. The molecule has 0 spiro atoms. The van der Waals surface area contributed by atoms with Gasteiger partial charge in [-0.05, 0) is 39.0 Å². The minimum Gasteiger partial charge on any atom is -0.459 e. The zero-order chi connectivity index (χ0) is 16.3. The monoisotopic (exact) mass is 317 g/mol. The summed E-state index contributed by atoms with van der Waals surface area (Å²) in [5.41, 5.74) is -1.63. The first-order valence-corrected chi connectivity index (χ1v) is 6.97. The van der Waals surface area contributed by atoms with Gasteiger partial charge in [0.25, 0.3) is 0 Å². The molecule has 0 saturated heterocycles. The van der Waals surface area contributed by atoms with E-state index in [1.54, 1.807) is 26.8 Å². The van der Waals surface area contributed by atoms with Gasteiger partial charge in [0, 0.05) is 4.90 Å². The molecule has 0 fully saturated rings. The molecule has 1 aromatic carbocycles. The van der Waals surface area contributed by atoms with Gasteiger partial charge in [0.05, 0.1) is 16.9 Å². The Labute approximate surface area is 125 Å². The Hall–Kier alpha value is -1.68. The lowest BCUT2D eigenvalue weighted by atomic mass is 10.1. The number of rotatable bonds is 3. The Morgan fingerprint density at radius 1 is 1.33 bits per heavy atom. The van der Waals surface area contributed by atoms with Crippen LogP contribution in [0, 0.1) is 11.3 Å². The number of hydrogen-bond donors (Lipinski definition) is 0. The van der Waals surface area contributed by atoms with Gasteiger partial charge in [-0.25, -0.2) is 0 Å². The highest BCUT2D eigenvalue weighted by molar-refractivity contribution is 8.00. The van der Waals surface area contributed by atoms with E-state index in [1.807, 2.05) is 0 Å². The van der Waals surface area contributed by atoms with Gasteiger partial charge in [-0.2, -0.15) is 18.4 Å².